The highest BCUT2D eigenvalue weighted by molar-refractivity contribution is 5.89. The van der Waals surface area contributed by atoms with Gasteiger partial charge in [0.05, 0.1) is 0 Å². The van der Waals surface area contributed by atoms with Gasteiger partial charge in [0.2, 0.25) is 6.33 Å². The molecule has 1 heterocycles. The van der Waals surface area contributed by atoms with Crippen LogP contribution in [0.5, 0.6) is 0 Å². The summed E-state index contributed by atoms with van der Waals surface area (Å²) in [6.45, 7) is 1.97. The van der Waals surface area contributed by atoms with E-state index in [0.29, 0.717) is 5.69 Å². The van der Waals surface area contributed by atoms with Crippen LogP contribution in [0.1, 0.15) is 5.56 Å². The van der Waals surface area contributed by atoms with Gasteiger partial charge in [-0.25, -0.2) is 9.55 Å². The number of anilines is 1. The Kier molecular flexibility index (Phi) is 3.56. The van der Waals surface area contributed by atoms with Crippen molar-refractivity contribution in [1.29, 1.82) is 0 Å². The Labute approximate surface area is 109 Å². The van der Waals surface area contributed by atoms with Gasteiger partial charge in [0, 0.05) is 5.69 Å². The molecule has 2 N–H and O–H groups in total. The Hall–Kier alpha value is -2.70. The molecule has 7 nitrogen and oxygen atoms in total. The van der Waals surface area contributed by atoms with Gasteiger partial charge in [-0.3, -0.25) is 4.79 Å². The number of H-pyrrole nitrogens is 1. The van der Waals surface area contributed by atoms with Gasteiger partial charge in [-0.2, -0.15) is 0 Å². The van der Waals surface area contributed by atoms with Crippen LogP contribution in [0.25, 0.3) is 0 Å². The van der Waals surface area contributed by atoms with Crippen molar-refractivity contribution in [3.63, 3.8) is 0 Å². The van der Waals surface area contributed by atoms with E-state index in [1.54, 1.807) is 12.1 Å². The summed E-state index contributed by atoms with van der Waals surface area (Å²) in [7, 11) is 0. The van der Waals surface area contributed by atoms with E-state index >= 15 is 0 Å². The van der Waals surface area contributed by atoms with Crippen molar-refractivity contribution in [3.05, 3.63) is 52.5 Å². The average Bonchev–Trinajstić information content (AvgIpc) is 2.80. The molecule has 0 bridgehead atoms. The van der Waals surface area contributed by atoms with E-state index in [1.807, 2.05) is 19.1 Å². The van der Waals surface area contributed by atoms with Gasteiger partial charge < -0.3 is 15.4 Å². The molecule has 2 rings (SSSR count). The zero-order valence-corrected chi connectivity index (χ0v) is 10.3. The molecule has 0 aliphatic heterocycles. The lowest BCUT2D eigenvalue weighted by atomic mass is 10.2. The quantitative estimate of drug-likeness (QED) is 0.491. The second-order valence-corrected chi connectivity index (χ2v) is 4.13. The molecule has 1 aromatic carbocycles. The first-order valence-electron chi connectivity index (χ1n) is 5.63. The fraction of sp³-hybridized carbons (Fsp3) is 0.167. The number of aromatic nitrogens is 2. The molecule has 0 aliphatic rings. The second-order valence-electron chi connectivity index (χ2n) is 4.13. The molecular weight excluding hydrogens is 248 g/mol. The first-order chi connectivity index (χ1) is 9.04. The molecule has 1 amide bonds. The number of imidazole rings is 1. The molecule has 0 atom stereocenters. The van der Waals surface area contributed by atoms with E-state index in [2.05, 4.69) is 10.3 Å². The van der Waals surface area contributed by atoms with Crippen LogP contribution in [-0.4, -0.2) is 15.8 Å². The third kappa shape index (κ3) is 3.38. The largest absolute Gasteiger partial charge is 0.362 e. The zero-order chi connectivity index (χ0) is 13.8. The number of nitro groups is 1. The number of nitrogens with zero attached hydrogens (tertiary/aromatic N) is 2. The molecule has 0 aliphatic carbocycles. The van der Waals surface area contributed by atoms with Crippen molar-refractivity contribution >= 4 is 17.4 Å². The van der Waals surface area contributed by atoms with E-state index < -0.39 is 4.92 Å². The normalized spacial score (nSPS) is 10.2. The predicted molar refractivity (Wildman–Crippen MR) is 67.5 cm³/mol. The first-order valence-corrected chi connectivity index (χ1v) is 5.63. The minimum atomic E-state index is -0.547. The van der Waals surface area contributed by atoms with E-state index in [1.165, 1.54) is 17.1 Å². The van der Waals surface area contributed by atoms with Crippen molar-refractivity contribution in [2.45, 2.75) is 13.5 Å². The van der Waals surface area contributed by atoms with Gasteiger partial charge in [-0.1, -0.05) is 17.7 Å². The summed E-state index contributed by atoms with van der Waals surface area (Å²) in [5, 5.41) is 13.2. The van der Waals surface area contributed by atoms with Gasteiger partial charge in [0.25, 0.3) is 5.91 Å². The summed E-state index contributed by atoms with van der Waals surface area (Å²) in [4.78, 5) is 24.1. The molecule has 0 saturated heterocycles. The third-order valence-corrected chi connectivity index (χ3v) is 2.52. The van der Waals surface area contributed by atoms with Crippen LogP contribution in [0.4, 0.5) is 11.5 Å². The summed E-state index contributed by atoms with van der Waals surface area (Å²) in [5.74, 6) is -0.397. The Morgan fingerprint density at radius 1 is 1.42 bits per heavy atom. The van der Waals surface area contributed by atoms with Gasteiger partial charge in [0.15, 0.2) is 12.7 Å². The van der Waals surface area contributed by atoms with Crippen LogP contribution in [0, 0.1) is 17.0 Å². The lowest BCUT2D eigenvalue weighted by Crippen LogP contribution is -2.38. The summed E-state index contributed by atoms with van der Waals surface area (Å²) in [6.07, 6.45) is 2.65. The fourth-order valence-electron chi connectivity index (χ4n) is 1.58. The molecule has 0 radical (unpaired) electrons. The van der Waals surface area contributed by atoms with E-state index in [4.69, 9.17) is 0 Å². The summed E-state index contributed by atoms with van der Waals surface area (Å²) in [6, 6.07) is 7.39. The Balaban J connectivity index is 1.97. The number of aromatic amines is 1. The molecule has 0 unspecified atom stereocenters. The highest BCUT2D eigenvalue weighted by Crippen LogP contribution is 2.08. The van der Waals surface area contributed by atoms with Crippen molar-refractivity contribution in [1.82, 2.24) is 4.98 Å². The number of amides is 1. The fourth-order valence-corrected chi connectivity index (χ4v) is 1.58. The van der Waals surface area contributed by atoms with Crippen molar-refractivity contribution in [2.24, 2.45) is 0 Å². The summed E-state index contributed by atoms with van der Waals surface area (Å²) < 4.78 is 1.42. The number of hydrogen-bond acceptors (Lipinski definition) is 3. The van der Waals surface area contributed by atoms with E-state index in [-0.39, 0.29) is 18.3 Å². The lowest BCUT2D eigenvalue weighted by molar-refractivity contribution is -0.683. The van der Waals surface area contributed by atoms with Crippen LogP contribution in [0.3, 0.4) is 0 Å². The molecule has 0 spiro atoms. The van der Waals surface area contributed by atoms with Crippen LogP contribution >= 0.6 is 0 Å². The van der Waals surface area contributed by atoms with Gasteiger partial charge in [-0.05, 0) is 24.0 Å². The Morgan fingerprint density at radius 3 is 2.68 bits per heavy atom. The highest BCUT2D eigenvalue weighted by Gasteiger charge is 2.13. The number of carbonyl (C=O) groups excluding carboxylic acids is 1. The summed E-state index contributed by atoms with van der Waals surface area (Å²) in [5.41, 5.74) is 1.80. The molecule has 98 valence electrons. The molecule has 0 fully saturated rings. The van der Waals surface area contributed by atoms with Crippen molar-refractivity contribution < 1.29 is 14.3 Å². The number of carbonyl (C=O) groups is 1. The number of benzene rings is 1. The molecular formula is C12H13N4O3+. The summed E-state index contributed by atoms with van der Waals surface area (Å²) >= 11 is 0. The number of hydrogen-bond donors (Lipinski definition) is 2. The Bertz CT molecular complexity index is 604. The van der Waals surface area contributed by atoms with Gasteiger partial charge in [-0.15, -0.1) is 0 Å². The van der Waals surface area contributed by atoms with Crippen LogP contribution in [-0.2, 0) is 11.3 Å². The Morgan fingerprint density at radius 2 is 2.11 bits per heavy atom. The monoisotopic (exact) mass is 261 g/mol. The van der Waals surface area contributed by atoms with Crippen LogP contribution in [0.2, 0.25) is 0 Å². The van der Waals surface area contributed by atoms with Crippen molar-refractivity contribution in [3.8, 4) is 0 Å². The molecule has 2 aromatic rings. The number of nitrogens with one attached hydrogen (secondary N) is 2. The first kappa shape index (κ1) is 12.7. The van der Waals surface area contributed by atoms with Gasteiger partial charge >= 0.3 is 5.82 Å². The predicted octanol–water partition coefficient (Wildman–Crippen LogP) is 1.16. The number of rotatable bonds is 4. The van der Waals surface area contributed by atoms with E-state index in [9.17, 15) is 14.9 Å². The molecule has 0 saturated carbocycles. The minimum Gasteiger partial charge on any atom is -0.358 e. The highest BCUT2D eigenvalue weighted by atomic mass is 16.6. The smallest absolute Gasteiger partial charge is 0.358 e. The van der Waals surface area contributed by atoms with Crippen molar-refractivity contribution in [2.75, 3.05) is 5.32 Å². The second kappa shape index (κ2) is 5.30. The van der Waals surface area contributed by atoms with E-state index in [0.717, 1.165) is 5.56 Å². The zero-order valence-electron chi connectivity index (χ0n) is 10.3. The maximum atomic E-state index is 11.7. The SMILES string of the molecule is Cc1ccc(NC(=O)C[n+]2c[nH]c([N+](=O)[O-])c2)cc1. The maximum Gasteiger partial charge on any atom is 0.362 e. The van der Waals surface area contributed by atoms with Crippen LogP contribution in [0.15, 0.2) is 36.8 Å². The number of aryl methyl sites for hydroxylation is 1. The molecule has 1 aromatic heterocycles. The van der Waals surface area contributed by atoms with Crippen LogP contribution < -0.4 is 9.88 Å². The molecule has 19 heavy (non-hydrogen) atoms. The third-order valence-electron chi connectivity index (χ3n) is 2.52. The maximum absolute atomic E-state index is 11.7. The lowest BCUT2D eigenvalue weighted by Gasteiger charge is -2.03. The van der Waals surface area contributed by atoms with Gasteiger partial charge in [0.1, 0.15) is 0 Å². The standard InChI is InChI=1S/C12H12N4O3/c1-9-2-4-10(5-3-9)14-12(17)7-15-6-11(13-8-15)16(18)19/h2-6,8H,7H2,1H3,(H,14,17)/p+1. The topological polar surface area (TPSA) is 91.9 Å². The average molecular weight is 261 g/mol. The minimum absolute atomic E-state index is 0.0121. The molecule has 7 heteroatoms.